The maximum atomic E-state index is 13.2. The summed E-state index contributed by atoms with van der Waals surface area (Å²) in [5.41, 5.74) is 0.864. The van der Waals surface area contributed by atoms with E-state index in [0.29, 0.717) is 41.0 Å². The molecule has 0 radical (unpaired) electrons. The Hall–Kier alpha value is -3.90. The molecule has 5 rings (SSSR count). The van der Waals surface area contributed by atoms with Gasteiger partial charge in [0.05, 0.1) is 12.1 Å². The molecule has 4 aromatic rings. The van der Waals surface area contributed by atoms with Crippen molar-refractivity contribution in [3.8, 4) is 11.6 Å². The molecule has 1 atom stereocenters. The van der Waals surface area contributed by atoms with Gasteiger partial charge < -0.3 is 14.8 Å². The molecule has 1 aliphatic rings. The fourth-order valence-electron chi connectivity index (χ4n) is 5.04. The van der Waals surface area contributed by atoms with Crippen LogP contribution < -0.4 is 16.0 Å². The zero-order valence-electron chi connectivity index (χ0n) is 23.1. The van der Waals surface area contributed by atoms with Crippen LogP contribution in [0.3, 0.4) is 0 Å². The summed E-state index contributed by atoms with van der Waals surface area (Å²) in [6.45, 7) is 9.32. The average Bonchev–Trinajstić information content (AvgIpc) is 3.40. The van der Waals surface area contributed by atoms with Gasteiger partial charge in [0.15, 0.2) is 11.5 Å². The van der Waals surface area contributed by atoms with E-state index in [1.54, 1.807) is 0 Å². The molecule has 0 saturated heterocycles. The first kappa shape index (κ1) is 27.7. The normalized spacial score (nSPS) is 15.3. The van der Waals surface area contributed by atoms with Gasteiger partial charge in [0.2, 0.25) is 17.6 Å². The zero-order chi connectivity index (χ0) is 28.8. The minimum Gasteiger partial charge on any atom is -0.365 e. The molecule has 0 spiro atoms. The Labute approximate surface area is 229 Å². The maximum absolute atomic E-state index is 13.2. The minimum atomic E-state index is -4.42. The molecule has 10 nitrogen and oxygen atoms in total. The van der Waals surface area contributed by atoms with Gasteiger partial charge in [-0.05, 0) is 48.8 Å². The molecule has 3 heterocycles. The van der Waals surface area contributed by atoms with E-state index in [2.05, 4.69) is 52.7 Å². The largest absolute Gasteiger partial charge is 0.439 e. The van der Waals surface area contributed by atoms with Gasteiger partial charge in [-0.1, -0.05) is 44.5 Å². The van der Waals surface area contributed by atoms with Crippen molar-refractivity contribution in [2.45, 2.75) is 65.7 Å². The first-order valence-electron chi connectivity index (χ1n) is 13.3. The van der Waals surface area contributed by atoms with Gasteiger partial charge in [0.1, 0.15) is 5.52 Å². The number of H-pyrrole nitrogens is 1. The molecular weight excluding hydrogens is 525 g/mol. The molecule has 1 unspecified atom stereocenters. The number of imidazole rings is 1. The predicted octanol–water partition coefficient (Wildman–Crippen LogP) is 5.32. The Morgan fingerprint density at radius 1 is 1.15 bits per heavy atom. The average molecular weight is 559 g/mol. The summed E-state index contributed by atoms with van der Waals surface area (Å²) in [6, 6.07) is 5.21. The van der Waals surface area contributed by atoms with Crippen molar-refractivity contribution in [2.24, 2.45) is 11.3 Å². The van der Waals surface area contributed by atoms with Gasteiger partial charge in [-0.25, -0.2) is 14.8 Å². The van der Waals surface area contributed by atoms with E-state index < -0.39 is 17.5 Å². The molecule has 0 amide bonds. The number of rotatable bonds is 8. The van der Waals surface area contributed by atoms with Crippen LogP contribution in [0.15, 0.2) is 33.6 Å². The lowest BCUT2D eigenvalue weighted by Crippen LogP contribution is -2.32. The number of aromatic amines is 1. The lowest BCUT2D eigenvalue weighted by molar-refractivity contribution is -0.137. The summed E-state index contributed by atoms with van der Waals surface area (Å²) in [5, 5.41) is 7.28. The number of benzene rings is 1. The van der Waals surface area contributed by atoms with E-state index in [1.165, 1.54) is 18.6 Å². The number of halogens is 3. The summed E-state index contributed by atoms with van der Waals surface area (Å²) in [4.78, 5) is 30.3. The molecule has 13 heteroatoms. The Morgan fingerprint density at radius 2 is 1.85 bits per heavy atom. The van der Waals surface area contributed by atoms with Crippen LogP contribution in [0.4, 0.5) is 24.9 Å². The second-order valence-corrected chi connectivity index (χ2v) is 11.7. The van der Waals surface area contributed by atoms with Crippen molar-refractivity contribution in [1.82, 2.24) is 29.7 Å². The predicted molar refractivity (Wildman–Crippen MR) is 145 cm³/mol. The van der Waals surface area contributed by atoms with Gasteiger partial charge in [-0.3, -0.25) is 9.51 Å². The van der Waals surface area contributed by atoms with Crippen LogP contribution in [-0.2, 0) is 12.7 Å². The van der Waals surface area contributed by atoms with Gasteiger partial charge in [-0.2, -0.15) is 18.2 Å². The van der Waals surface area contributed by atoms with Crippen LogP contribution in [0, 0.1) is 11.3 Å². The number of alkyl halides is 3. The van der Waals surface area contributed by atoms with E-state index in [1.807, 2.05) is 16.5 Å². The number of aromatic nitrogens is 6. The number of hydrogen-bond acceptors (Lipinski definition) is 8. The summed E-state index contributed by atoms with van der Waals surface area (Å²) >= 11 is 0. The Balaban J connectivity index is 1.66. The third kappa shape index (κ3) is 5.82. The van der Waals surface area contributed by atoms with E-state index >= 15 is 0 Å². The van der Waals surface area contributed by atoms with Gasteiger partial charge >= 0.3 is 11.9 Å². The van der Waals surface area contributed by atoms with Gasteiger partial charge in [-0.15, -0.1) is 0 Å². The van der Waals surface area contributed by atoms with Crippen molar-refractivity contribution < 1.29 is 17.7 Å². The second-order valence-electron chi connectivity index (χ2n) is 11.7. The van der Waals surface area contributed by atoms with Gasteiger partial charge in [0.25, 0.3) is 0 Å². The number of anilines is 2. The van der Waals surface area contributed by atoms with Crippen molar-refractivity contribution in [3.63, 3.8) is 0 Å². The molecule has 3 aromatic heterocycles. The number of nitrogens with zero attached hydrogens (tertiary/aromatic N) is 6. The van der Waals surface area contributed by atoms with E-state index in [9.17, 15) is 18.0 Å². The first-order chi connectivity index (χ1) is 18.8. The molecule has 1 aromatic carbocycles. The van der Waals surface area contributed by atoms with E-state index in [-0.39, 0.29) is 29.7 Å². The number of fused-ring (bicyclic) bond motifs is 1. The summed E-state index contributed by atoms with van der Waals surface area (Å²) in [7, 11) is 1.92. The minimum absolute atomic E-state index is 0.0665. The van der Waals surface area contributed by atoms with Crippen molar-refractivity contribution >= 4 is 22.9 Å². The highest BCUT2D eigenvalue weighted by molar-refractivity contribution is 5.87. The zero-order valence-corrected chi connectivity index (χ0v) is 23.1. The lowest BCUT2D eigenvalue weighted by atomic mass is 9.80. The molecule has 1 fully saturated rings. The molecule has 0 bridgehead atoms. The standard InChI is InChI=1S/C27H33F3N8O2/c1-15(17-7-6-8-17)31-20-19-21(33-22(32-20)23-35-25(39)40-36-23)34-24(37(5)14-26(2,3)4)38(19)13-16-9-11-18(12-10-16)27(28,29)30/h9-12,15,17H,6-8,13-14H2,1-5H3,(H,31,32,33)(H,35,36,39). The fraction of sp³-hybridized carbons (Fsp3) is 0.519. The third-order valence-electron chi connectivity index (χ3n) is 7.13. The molecule has 40 heavy (non-hydrogen) atoms. The number of nitrogens with one attached hydrogen (secondary N) is 2. The summed E-state index contributed by atoms with van der Waals surface area (Å²) in [6.07, 6.45) is -1.03. The maximum Gasteiger partial charge on any atom is 0.439 e. The van der Waals surface area contributed by atoms with E-state index in [0.717, 1.165) is 25.0 Å². The summed E-state index contributed by atoms with van der Waals surface area (Å²) < 4.78 is 46.2. The molecule has 1 aliphatic carbocycles. The van der Waals surface area contributed by atoms with Crippen LogP contribution in [0.2, 0.25) is 0 Å². The first-order valence-corrected chi connectivity index (χ1v) is 13.3. The highest BCUT2D eigenvalue weighted by Crippen LogP contribution is 2.35. The quantitative estimate of drug-likeness (QED) is 0.298. The fourth-order valence-corrected chi connectivity index (χ4v) is 5.04. The highest BCUT2D eigenvalue weighted by atomic mass is 19.4. The molecule has 214 valence electrons. The lowest BCUT2D eigenvalue weighted by Gasteiger charge is -2.32. The number of hydrogen-bond donors (Lipinski definition) is 2. The summed E-state index contributed by atoms with van der Waals surface area (Å²) in [5.74, 6) is 1.06. The van der Waals surface area contributed by atoms with Crippen LogP contribution in [0.25, 0.3) is 22.8 Å². The smallest absolute Gasteiger partial charge is 0.365 e. The molecule has 0 aliphatic heterocycles. The molecule has 1 saturated carbocycles. The van der Waals surface area contributed by atoms with E-state index in [4.69, 9.17) is 9.97 Å². The van der Waals surface area contributed by atoms with Crippen molar-refractivity contribution in [3.05, 3.63) is 45.9 Å². The topological polar surface area (TPSA) is 118 Å². The second kappa shape index (κ2) is 10.3. The Morgan fingerprint density at radius 3 is 2.40 bits per heavy atom. The SMILES string of the molecule is CC(Nc1nc(-c2noc(=O)[nH]2)nc2nc(N(C)CC(C)(C)C)n(Cc3ccc(C(F)(F)F)cc3)c12)C1CCC1. The monoisotopic (exact) mass is 558 g/mol. The molecular formula is C27H33F3N8O2. The van der Waals surface area contributed by atoms with Crippen LogP contribution in [0.1, 0.15) is 58.1 Å². The highest BCUT2D eigenvalue weighted by Gasteiger charge is 2.31. The van der Waals surface area contributed by atoms with Crippen LogP contribution >= 0.6 is 0 Å². The Bertz CT molecular complexity index is 1550. The molecule has 2 N–H and O–H groups in total. The van der Waals surface area contributed by atoms with Gasteiger partial charge in [0, 0.05) is 19.6 Å². The Kier molecular flexibility index (Phi) is 7.09. The van der Waals surface area contributed by atoms with Crippen LogP contribution in [0.5, 0.6) is 0 Å². The van der Waals surface area contributed by atoms with Crippen molar-refractivity contribution in [1.29, 1.82) is 0 Å². The van der Waals surface area contributed by atoms with Crippen LogP contribution in [-0.4, -0.2) is 49.3 Å². The van der Waals surface area contributed by atoms with Crippen molar-refractivity contribution in [2.75, 3.05) is 23.8 Å². The third-order valence-corrected chi connectivity index (χ3v) is 7.13.